The number of nitriles is 1. The van der Waals surface area contributed by atoms with Crippen molar-refractivity contribution < 1.29 is 0 Å². The van der Waals surface area contributed by atoms with Crippen molar-refractivity contribution in [2.24, 2.45) is 0 Å². The van der Waals surface area contributed by atoms with Gasteiger partial charge in [-0.15, -0.1) is 0 Å². The Hall–Kier alpha value is -2.32. The van der Waals surface area contributed by atoms with Crippen LogP contribution in [0.5, 0.6) is 0 Å². The number of hydrogen-bond donors (Lipinski definition) is 0. The second kappa shape index (κ2) is 6.20. The van der Waals surface area contributed by atoms with E-state index in [0.29, 0.717) is 11.6 Å². The van der Waals surface area contributed by atoms with Crippen LogP contribution in [-0.4, -0.2) is 46.9 Å². The highest BCUT2D eigenvalue weighted by Crippen LogP contribution is 2.18. The molecule has 2 heterocycles. The van der Waals surface area contributed by atoms with Crippen LogP contribution in [0.15, 0.2) is 36.5 Å². The summed E-state index contributed by atoms with van der Waals surface area (Å²) < 4.78 is 1.79. The zero-order chi connectivity index (χ0) is 15.5. The van der Waals surface area contributed by atoms with Crippen LogP contribution in [-0.2, 0) is 0 Å². The highest BCUT2D eigenvalue weighted by atomic mass is 15.4. The number of benzene rings is 1. The highest BCUT2D eigenvalue weighted by Gasteiger charge is 2.20. The number of anilines is 1. The minimum absolute atomic E-state index is 0.599. The number of piperazine rings is 1. The van der Waals surface area contributed by atoms with Crippen LogP contribution < -0.4 is 4.90 Å². The molecule has 1 saturated heterocycles. The monoisotopic (exact) mass is 295 g/mol. The molecule has 0 saturated carbocycles. The lowest BCUT2D eigenvalue weighted by Gasteiger charge is -2.36. The number of para-hydroxylation sites is 1. The molecule has 114 valence electrons. The van der Waals surface area contributed by atoms with Gasteiger partial charge in [0.2, 0.25) is 0 Å². The molecule has 1 aromatic carbocycles. The highest BCUT2D eigenvalue weighted by molar-refractivity contribution is 5.49. The van der Waals surface area contributed by atoms with Gasteiger partial charge < -0.3 is 4.90 Å². The molecule has 0 aliphatic carbocycles. The molecule has 1 aliphatic rings. The van der Waals surface area contributed by atoms with Gasteiger partial charge >= 0.3 is 0 Å². The molecule has 0 spiro atoms. The van der Waals surface area contributed by atoms with Crippen molar-refractivity contribution in [2.45, 2.75) is 19.9 Å². The summed E-state index contributed by atoms with van der Waals surface area (Å²) >= 11 is 0. The number of rotatable bonds is 3. The summed E-state index contributed by atoms with van der Waals surface area (Å²) in [6.07, 6.45) is 1.93. The van der Waals surface area contributed by atoms with Crippen LogP contribution >= 0.6 is 0 Å². The van der Waals surface area contributed by atoms with Gasteiger partial charge in [0, 0.05) is 44.5 Å². The second-order valence-electron chi connectivity index (χ2n) is 5.86. The average Bonchev–Trinajstić information content (AvgIpc) is 3.04. The summed E-state index contributed by atoms with van der Waals surface area (Å²) in [4.78, 5) is 4.79. The third-order valence-corrected chi connectivity index (χ3v) is 4.21. The Labute approximate surface area is 131 Å². The Kier molecular flexibility index (Phi) is 4.12. The van der Waals surface area contributed by atoms with E-state index in [1.54, 1.807) is 4.68 Å². The van der Waals surface area contributed by atoms with E-state index in [1.807, 2.05) is 36.5 Å². The van der Waals surface area contributed by atoms with E-state index in [9.17, 15) is 5.26 Å². The van der Waals surface area contributed by atoms with Crippen molar-refractivity contribution in [2.75, 3.05) is 31.1 Å². The molecule has 1 aliphatic heterocycles. The van der Waals surface area contributed by atoms with Gasteiger partial charge in [-0.05, 0) is 26.0 Å². The fourth-order valence-corrected chi connectivity index (χ4v) is 2.85. The third-order valence-electron chi connectivity index (χ3n) is 4.21. The van der Waals surface area contributed by atoms with Crippen molar-refractivity contribution in [3.05, 3.63) is 42.1 Å². The van der Waals surface area contributed by atoms with E-state index in [0.717, 1.165) is 37.7 Å². The Morgan fingerprint density at radius 3 is 2.50 bits per heavy atom. The lowest BCUT2D eigenvalue weighted by atomic mass is 10.2. The maximum absolute atomic E-state index is 9.21. The molecular weight excluding hydrogens is 274 g/mol. The first-order valence-corrected chi connectivity index (χ1v) is 7.73. The minimum Gasteiger partial charge on any atom is -0.353 e. The molecule has 0 amide bonds. The van der Waals surface area contributed by atoms with E-state index >= 15 is 0 Å². The molecular formula is C17H21N5. The summed E-state index contributed by atoms with van der Waals surface area (Å²) in [5, 5.41) is 13.9. The molecule has 3 rings (SSSR count). The second-order valence-corrected chi connectivity index (χ2v) is 5.86. The van der Waals surface area contributed by atoms with E-state index < -0.39 is 0 Å². The molecule has 5 heteroatoms. The van der Waals surface area contributed by atoms with Gasteiger partial charge in [-0.25, -0.2) is 4.68 Å². The lowest BCUT2D eigenvalue weighted by molar-refractivity contribution is 0.209. The Bertz CT molecular complexity index is 674. The predicted molar refractivity (Wildman–Crippen MR) is 87.2 cm³/mol. The fraction of sp³-hybridized carbons (Fsp3) is 0.412. The Morgan fingerprint density at radius 1 is 1.09 bits per heavy atom. The Balaban J connectivity index is 1.76. The van der Waals surface area contributed by atoms with Crippen molar-refractivity contribution in [3.63, 3.8) is 0 Å². The van der Waals surface area contributed by atoms with Crippen molar-refractivity contribution in [1.29, 1.82) is 5.26 Å². The first-order chi connectivity index (χ1) is 10.7. The predicted octanol–water partition coefficient (Wildman–Crippen LogP) is 2.27. The molecule has 5 nitrogen and oxygen atoms in total. The summed E-state index contributed by atoms with van der Waals surface area (Å²) in [6, 6.07) is 12.4. The number of aromatic nitrogens is 2. The van der Waals surface area contributed by atoms with Crippen LogP contribution in [0, 0.1) is 11.3 Å². The molecule has 0 bridgehead atoms. The first kappa shape index (κ1) is 14.6. The van der Waals surface area contributed by atoms with Crippen molar-refractivity contribution in [1.82, 2.24) is 14.7 Å². The zero-order valence-electron chi connectivity index (χ0n) is 13.1. The van der Waals surface area contributed by atoms with Crippen LogP contribution in [0.1, 0.15) is 19.4 Å². The SMILES string of the molecule is CC(C)N1CCN(c2ccn(-c3ccccc3C#N)n2)CC1. The molecule has 0 atom stereocenters. The summed E-state index contributed by atoms with van der Waals surface area (Å²) in [5.41, 5.74) is 1.47. The fourth-order valence-electron chi connectivity index (χ4n) is 2.85. The zero-order valence-corrected chi connectivity index (χ0v) is 13.1. The van der Waals surface area contributed by atoms with E-state index in [2.05, 4.69) is 34.8 Å². The van der Waals surface area contributed by atoms with E-state index in [-0.39, 0.29) is 0 Å². The van der Waals surface area contributed by atoms with Crippen LogP contribution in [0.4, 0.5) is 5.82 Å². The standard InChI is InChI=1S/C17H21N5/c1-14(2)20-9-11-21(12-10-20)17-7-8-22(19-17)16-6-4-3-5-15(16)13-18/h3-8,14H,9-12H2,1-2H3. The number of nitrogens with zero attached hydrogens (tertiary/aromatic N) is 5. The molecule has 0 radical (unpaired) electrons. The molecule has 0 unspecified atom stereocenters. The van der Waals surface area contributed by atoms with Crippen LogP contribution in [0.25, 0.3) is 5.69 Å². The van der Waals surface area contributed by atoms with Gasteiger partial charge in [-0.2, -0.15) is 10.4 Å². The lowest BCUT2D eigenvalue weighted by Crippen LogP contribution is -2.49. The quantitative estimate of drug-likeness (QED) is 0.871. The van der Waals surface area contributed by atoms with Gasteiger partial charge in [0.15, 0.2) is 5.82 Å². The van der Waals surface area contributed by atoms with Crippen LogP contribution in [0.2, 0.25) is 0 Å². The van der Waals surface area contributed by atoms with Crippen molar-refractivity contribution in [3.8, 4) is 11.8 Å². The topological polar surface area (TPSA) is 48.1 Å². The molecule has 0 N–H and O–H groups in total. The largest absolute Gasteiger partial charge is 0.353 e. The third kappa shape index (κ3) is 2.83. The molecule has 2 aromatic rings. The van der Waals surface area contributed by atoms with Gasteiger partial charge in [-0.1, -0.05) is 12.1 Å². The van der Waals surface area contributed by atoms with E-state index in [4.69, 9.17) is 0 Å². The van der Waals surface area contributed by atoms with Gasteiger partial charge in [-0.3, -0.25) is 4.90 Å². The first-order valence-electron chi connectivity index (χ1n) is 7.73. The average molecular weight is 295 g/mol. The van der Waals surface area contributed by atoms with Gasteiger partial charge in [0.25, 0.3) is 0 Å². The molecule has 1 aromatic heterocycles. The normalized spacial score (nSPS) is 16.0. The summed E-state index contributed by atoms with van der Waals surface area (Å²) in [5.74, 6) is 0.983. The molecule has 22 heavy (non-hydrogen) atoms. The maximum Gasteiger partial charge on any atom is 0.151 e. The minimum atomic E-state index is 0.599. The van der Waals surface area contributed by atoms with Gasteiger partial charge in [0.1, 0.15) is 6.07 Å². The number of hydrogen-bond acceptors (Lipinski definition) is 4. The summed E-state index contributed by atoms with van der Waals surface area (Å²) in [7, 11) is 0. The molecule has 1 fully saturated rings. The van der Waals surface area contributed by atoms with Crippen molar-refractivity contribution >= 4 is 5.82 Å². The Morgan fingerprint density at radius 2 is 1.82 bits per heavy atom. The maximum atomic E-state index is 9.21. The van der Waals surface area contributed by atoms with Gasteiger partial charge in [0.05, 0.1) is 11.3 Å². The summed E-state index contributed by atoms with van der Waals surface area (Å²) in [6.45, 7) is 8.61. The van der Waals surface area contributed by atoms with Crippen LogP contribution in [0.3, 0.4) is 0 Å². The van der Waals surface area contributed by atoms with E-state index in [1.165, 1.54) is 0 Å². The smallest absolute Gasteiger partial charge is 0.151 e.